The summed E-state index contributed by atoms with van der Waals surface area (Å²) in [6, 6.07) is 19.3. The molecule has 0 amide bonds. The lowest BCUT2D eigenvalue weighted by molar-refractivity contribution is 0.386. The van der Waals surface area contributed by atoms with E-state index < -0.39 is 0 Å². The van der Waals surface area contributed by atoms with Gasteiger partial charge >= 0.3 is 0 Å². The average molecular weight is 400 g/mol. The van der Waals surface area contributed by atoms with Gasteiger partial charge in [-0.15, -0.1) is 0 Å². The molecule has 1 aliphatic rings. The molecule has 0 bridgehead atoms. The Balaban J connectivity index is 1.48. The Morgan fingerprint density at radius 3 is 2.70 bits per heavy atom. The van der Waals surface area contributed by atoms with Crippen molar-refractivity contribution in [1.82, 2.24) is 14.5 Å². The summed E-state index contributed by atoms with van der Waals surface area (Å²) in [5.74, 6) is 2.86. The van der Waals surface area contributed by atoms with Crippen molar-refractivity contribution < 1.29 is 4.42 Å². The van der Waals surface area contributed by atoms with Crippen molar-refractivity contribution in [2.24, 2.45) is 5.92 Å². The molecule has 1 aliphatic heterocycles. The lowest BCUT2D eigenvalue weighted by Gasteiger charge is -2.13. The van der Waals surface area contributed by atoms with Gasteiger partial charge in [-0.25, -0.2) is 4.98 Å². The van der Waals surface area contributed by atoms with Gasteiger partial charge in [-0.3, -0.25) is 0 Å². The topological polar surface area (TPSA) is 34.2 Å². The predicted molar refractivity (Wildman–Crippen MR) is 122 cm³/mol. The summed E-state index contributed by atoms with van der Waals surface area (Å²) in [5.41, 5.74) is 5.94. The molecule has 1 saturated heterocycles. The van der Waals surface area contributed by atoms with E-state index >= 15 is 0 Å². The van der Waals surface area contributed by atoms with Crippen LogP contribution < -0.4 is 0 Å². The summed E-state index contributed by atoms with van der Waals surface area (Å²) in [4.78, 5) is 7.52. The zero-order valence-electron chi connectivity index (χ0n) is 17.8. The van der Waals surface area contributed by atoms with E-state index in [1.54, 1.807) is 6.26 Å². The van der Waals surface area contributed by atoms with Crippen molar-refractivity contribution in [3.63, 3.8) is 0 Å². The lowest BCUT2D eigenvalue weighted by Crippen LogP contribution is -2.15. The monoisotopic (exact) mass is 399 g/mol. The van der Waals surface area contributed by atoms with E-state index in [4.69, 9.17) is 9.40 Å². The second kappa shape index (κ2) is 8.11. The maximum absolute atomic E-state index is 5.60. The van der Waals surface area contributed by atoms with Crippen molar-refractivity contribution in [2.75, 3.05) is 20.1 Å². The number of hydrogen-bond donors (Lipinski definition) is 0. The summed E-state index contributed by atoms with van der Waals surface area (Å²) in [6.07, 6.45) is 5.25. The first-order valence-corrected chi connectivity index (χ1v) is 10.9. The van der Waals surface area contributed by atoms with Crippen molar-refractivity contribution >= 4 is 11.0 Å². The first-order chi connectivity index (χ1) is 14.7. The highest BCUT2D eigenvalue weighted by atomic mass is 16.3. The molecular formula is C26H29N3O. The van der Waals surface area contributed by atoms with Gasteiger partial charge < -0.3 is 13.9 Å². The molecule has 0 N–H and O–H groups in total. The fraction of sp³-hybridized carbons (Fsp3) is 0.346. The Morgan fingerprint density at radius 1 is 1.10 bits per heavy atom. The molecule has 1 fully saturated rings. The molecule has 0 aliphatic carbocycles. The minimum Gasteiger partial charge on any atom is -0.464 e. The van der Waals surface area contributed by atoms with Crippen molar-refractivity contribution in [3.8, 4) is 11.3 Å². The third-order valence-corrected chi connectivity index (χ3v) is 6.36. The molecule has 0 spiro atoms. The minimum atomic E-state index is 0.779. The number of imidazole rings is 1. The highest BCUT2D eigenvalue weighted by molar-refractivity contribution is 5.81. The molecule has 30 heavy (non-hydrogen) atoms. The fourth-order valence-electron chi connectivity index (χ4n) is 4.61. The van der Waals surface area contributed by atoms with Crippen molar-refractivity contribution in [2.45, 2.75) is 32.7 Å². The maximum atomic E-state index is 5.60. The van der Waals surface area contributed by atoms with Crippen LogP contribution in [0.1, 0.15) is 29.8 Å². The van der Waals surface area contributed by atoms with Crippen LogP contribution in [0.2, 0.25) is 0 Å². The van der Waals surface area contributed by atoms with Crippen LogP contribution in [-0.4, -0.2) is 34.6 Å². The number of rotatable bonds is 6. The maximum Gasteiger partial charge on any atom is 0.133 e. The standard InChI is InChI=1S/C26H29N3O/c1-19-5-7-20(8-6-19)18-29-24-11-10-22(25-4-3-15-30-25)16-23(24)27-26(29)12-9-21-13-14-28(2)17-21/h3-8,10-11,15-16,21H,9,12-14,17-18H2,1-2H3. The normalized spacial score (nSPS) is 17.2. The van der Waals surface area contributed by atoms with Crippen LogP contribution in [0.4, 0.5) is 0 Å². The Hall–Kier alpha value is -2.85. The average Bonchev–Trinajstić information content (AvgIpc) is 3.49. The van der Waals surface area contributed by atoms with Gasteiger partial charge in [0, 0.05) is 25.1 Å². The van der Waals surface area contributed by atoms with Crippen LogP contribution in [0, 0.1) is 12.8 Å². The van der Waals surface area contributed by atoms with Gasteiger partial charge in [0.15, 0.2) is 0 Å². The number of nitrogens with zero attached hydrogens (tertiary/aromatic N) is 3. The number of aromatic nitrogens is 2. The Bertz CT molecular complexity index is 1130. The fourth-order valence-corrected chi connectivity index (χ4v) is 4.61. The lowest BCUT2D eigenvalue weighted by atomic mass is 10.0. The molecule has 0 saturated carbocycles. The van der Waals surface area contributed by atoms with Gasteiger partial charge in [0.1, 0.15) is 11.6 Å². The smallest absolute Gasteiger partial charge is 0.133 e. The van der Waals surface area contributed by atoms with Crippen LogP contribution in [-0.2, 0) is 13.0 Å². The molecular weight excluding hydrogens is 370 g/mol. The van der Waals surface area contributed by atoms with E-state index in [0.29, 0.717) is 0 Å². The zero-order valence-corrected chi connectivity index (χ0v) is 17.8. The molecule has 5 rings (SSSR count). The van der Waals surface area contributed by atoms with Crippen LogP contribution >= 0.6 is 0 Å². The third-order valence-electron chi connectivity index (χ3n) is 6.36. The van der Waals surface area contributed by atoms with E-state index in [-0.39, 0.29) is 0 Å². The second-order valence-electron chi connectivity index (χ2n) is 8.74. The van der Waals surface area contributed by atoms with Crippen LogP contribution in [0.15, 0.2) is 65.3 Å². The van der Waals surface area contributed by atoms with E-state index in [9.17, 15) is 0 Å². The largest absolute Gasteiger partial charge is 0.464 e. The molecule has 2 aromatic carbocycles. The van der Waals surface area contributed by atoms with Crippen molar-refractivity contribution in [3.05, 3.63) is 77.8 Å². The summed E-state index contributed by atoms with van der Waals surface area (Å²) >= 11 is 0. The summed E-state index contributed by atoms with van der Waals surface area (Å²) < 4.78 is 8.01. The number of fused-ring (bicyclic) bond motifs is 1. The summed E-state index contributed by atoms with van der Waals surface area (Å²) in [7, 11) is 2.22. The number of hydrogen-bond acceptors (Lipinski definition) is 3. The number of aryl methyl sites for hydroxylation is 2. The molecule has 4 heteroatoms. The van der Waals surface area contributed by atoms with Gasteiger partial charge in [0.2, 0.25) is 0 Å². The highest BCUT2D eigenvalue weighted by Crippen LogP contribution is 2.28. The quantitative estimate of drug-likeness (QED) is 0.427. The highest BCUT2D eigenvalue weighted by Gasteiger charge is 2.21. The summed E-state index contributed by atoms with van der Waals surface area (Å²) in [6.45, 7) is 5.42. The summed E-state index contributed by atoms with van der Waals surface area (Å²) in [5, 5.41) is 0. The molecule has 0 radical (unpaired) electrons. The van der Waals surface area contributed by atoms with Gasteiger partial charge in [-0.2, -0.15) is 0 Å². The zero-order chi connectivity index (χ0) is 20.5. The Morgan fingerprint density at radius 2 is 1.97 bits per heavy atom. The first-order valence-electron chi connectivity index (χ1n) is 10.9. The first kappa shape index (κ1) is 19.1. The molecule has 1 unspecified atom stereocenters. The molecule has 3 heterocycles. The number of furan rings is 1. The van der Waals surface area contributed by atoms with E-state index in [0.717, 1.165) is 35.7 Å². The minimum absolute atomic E-state index is 0.779. The van der Waals surface area contributed by atoms with Crippen molar-refractivity contribution in [1.29, 1.82) is 0 Å². The van der Waals surface area contributed by atoms with E-state index in [2.05, 4.69) is 65.9 Å². The van der Waals surface area contributed by atoms with Gasteiger partial charge in [-0.1, -0.05) is 29.8 Å². The Kier molecular flexibility index (Phi) is 5.17. The predicted octanol–water partition coefficient (Wildman–Crippen LogP) is 5.54. The van der Waals surface area contributed by atoms with Crippen LogP contribution in [0.25, 0.3) is 22.4 Å². The van der Waals surface area contributed by atoms with Gasteiger partial charge in [-0.05, 0) is 75.2 Å². The number of benzene rings is 2. The second-order valence-corrected chi connectivity index (χ2v) is 8.74. The van der Waals surface area contributed by atoms with Crippen LogP contribution in [0.5, 0.6) is 0 Å². The SMILES string of the molecule is Cc1ccc(Cn2c(CCC3CCN(C)C3)nc3cc(-c4ccco4)ccc32)cc1. The van der Waals surface area contributed by atoms with Crippen LogP contribution in [0.3, 0.4) is 0 Å². The van der Waals surface area contributed by atoms with E-state index in [1.165, 1.54) is 48.4 Å². The molecule has 2 aromatic heterocycles. The molecule has 154 valence electrons. The molecule has 4 nitrogen and oxygen atoms in total. The van der Waals surface area contributed by atoms with Gasteiger partial charge in [0.05, 0.1) is 17.3 Å². The Labute approximate surface area is 178 Å². The molecule has 4 aromatic rings. The third kappa shape index (κ3) is 3.92. The van der Waals surface area contributed by atoms with Gasteiger partial charge in [0.25, 0.3) is 0 Å². The molecule has 1 atom stereocenters. The number of likely N-dealkylation sites (tertiary alicyclic amines) is 1. The van der Waals surface area contributed by atoms with E-state index in [1.807, 2.05) is 12.1 Å².